The van der Waals surface area contributed by atoms with Gasteiger partial charge >= 0.3 is 5.97 Å². The quantitative estimate of drug-likeness (QED) is 0.705. The topological polar surface area (TPSA) is 49.3 Å². The largest absolute Gasteiger partial charge is 0.481 e. The lowest BCUT2D eigenvalue weighted by atomic mass is 10.00. The van der Waals surface area contributed by atoms with Gasteiger partial charge in [-0.2, -0.15) is 0 Å². The molecule has 2 rings (SSSR count). The number of nitrogens with one attached hydrogen (secondary N) is 1. The van der Waals surface area contributed by atoms with E-state index < -0.39 is 5.97 Å². The zero-order chi connectivity index (χ0) is 17.4. The first-order valence-corrected chi connectivity index (χ1v) is 8.73. The highest BCUT2D eigenvalue weighted by Gasteiger charge is 2.13. The highest BCUT2D eigenvalue weighted by atomic mass is 35.5. The molecule has 0 spiro atoms. The summed E-state index contributed by atoms with van der Waals surface area (Å²) < 4.78 is 0. The third kappa shape index (κ3) is 5.66. The van der Waals surface area contributed by atoms with Gasteiger partial charge in [0, 0.05) is 24.0 Å². The van der Waals surface area contributed by atoms with Crippen molar-refractivity contribution in [2.24, 2.45) is 0 Å². The van der Waals surface area contributed by atoms with Crippen molar-refractivity contribution in [3.63, 3.8) is 0 Å². The summed E-state index contributed by atoms with van der Waals surface area (Å²) in [4.78, 5) is 10.9. The minimum Gasteiger partial charge on any atom is -0.481 e. The van der Waals surface area contributed by atoms with Gasteiger partial charge in [-0.25, -0.2) is 0 Å². The molecule has 1 unspecified atom stereocenters. The van der Waals surface area contributed by atoms with Crippen LogP contribution < -0.4 is 5.32 Å². The van der Waals surface area contributed by atoms with E-state index in [0.717, 1.165) is 23.4 Å². The molecule has 0 bridgehead atoms. The van der Waals surface area contributed by atoms with Gasteiger partial charge in [0.25, 0.3) is 0 Å². The molecule has 0 radical (unpaired) electrons. The minimum absolute atomic E-state index is 0.101. The molecule has 4 heteroatoms. The van der Waals surface area contributed by atoms with Gasteiger partial charge in [0.2, 0.25) is 0 Å². The summed E-state index contributed by atoms with van der Waals surface area (Å²) in [6.45, 7) is 2.76. The number of hydrogen-bond acceptors (Lipinski definition) is 2. The van der Waals surface area contributed by atoms with Crippen molar-refractivity contribution < 1.29 is 9.90 Å². The maximum Gasteiger partial charge on any atom is 0.303 e. The first kappa shape index (κ1) is 18.5. The summed E-state index contributed by atoms with van der Waals surface area (Å²) in [6.07, 6.45) is 2.49. The number of carbonyl (C=O) groups is 1. The number of aliphatic carboxylic acids is 1. The molecular weight excluding hydrogens is 322 g/mol. The van der Waals surface area contributed by atoms with Crippen LogP contribution in [0.2, 0.25) is 5.02 Å². The Hall–Kier alpha value is -1.84. The molecule has 24 heavy (non-hydrogen) atoms. The Bertz CT molecular complexity index is 658. The average molecular weight is 346 g/mol. The number of hydrogen-bond donors (Lipinski definition) is 2. The van der Waals surface area contributed by atoms with Crippen LogP contribution in [-0.4, -0.2) is 17.1 Å². The van der Waals surface area contributed by atoms with E-state index in [1.165, 1.54) is 11.1 Å². The van der Waals surface area contributed by atoms with Crippen molar-refractivity contribution >= 4 is 17.6 Å². The molecule has 0 amide bonds. The van der Waals surface area contributed by atoms with E-state index in [9.17, 15) is 4.79 Å². The van der Waals surface area contributed by atoms with Gasteiger partial charge in [-0.3, -0.25) is 4.79 Å². The van der Waals surface area contributed by atoms with E-state index in [4.69, 9.17) is 16.7 Å². The molecule has 0 saturated carbocycles. The Labute approximate surface area is 148 Å². The SMILES string of the molecule is CCc1cccc(Cl)c1CNC(CCC(=O)O)Cc1ccccc1. The number of carboxylic acids is 1. The van der Waals surface area contributed by atoms with E-state index in [-0.39, 0.29) is 12.5 Å². The lowest BCUT2D eigenvalue weighted by molar-refractivity contribution is -0.137. The van der Waals surface area contributed by atoms with Crippen LogP contribution in [0, 0.1) is 0 Å². The van der Waals surface area contributed by atoms with Gasteiger partial charge in [0.1, 0.15) is 0 Å². The second-order valence-corrected chi connectivity index (χ2v) is 6.34. The van der Waals surface area contributed by atoms with Crippen molar-refractivity contribution in [3.05, 3.63) is 70.2 Å². The summed E-state index contributed by atoms with van der Waals surface area (Å²) in [5, 5.41) is 13.3. The van der Waals surface area contributed by atoms with Gasteiger partial charge in [0.05, 0.1) is 0 Å². The Morgan fingerprint density at radius 2 is 1.92 bits per heavy atom. The van der Waals surface area contributed by atoms with Crippen LogP contribution in [0.5, 0.6) is 0 Å². The zero-order valence-electron chi connectivity index (χ0n) is 14.0. The fraction of sp³-hybridized carbons (Fsp3) is 0.350. The molecule has 3 nitrogen and oxygen atoms in total. The Morgan fingerprint density at radius 3 is 2.58 bits per heavy atom. The third-order valence-corrected chi connectivity index (χ3v) is 4.55. The molecule has 0 aliphatic rings. The predicted octanol–water partition coefficient (Wildman–Crippen LogP) is 4.47. The van der Waals surface area contributed by atoms with Crippen LogP contribution in [0.4, 0.5) is 0 Å². The highest BCUT2D eigenvalue weighted by molar-refractivity contribution is 6.31. The second kappa shape index (κ2) is 9.45. The molecular formula is C20H24ClNO2. The van der Waals surface area contributed by atoms with E-state index in [0.29, 0.717) is 13.0 Å². The van der Waals surface area contributed by atoms with Gasteiger partial charge in [0.15, 0.2) is 0 Å². The highest BCUT2D eigenvalue weighted by Crippen LogP contribution is 2.21. The summed E-state index contributed by atoms with van der Waals surface area (Å²) in [5.74, 6) is -0.762. The number of rotatable bonds is 9. The Kier molecular flexibility index (Phi) is 7.29. The van der Waals surface area contributed by atoms with Crippen molar-refractivity contribution in [3.8, 4) is 0 Å². The maximum atomic E-state index is 10.9. The lowest BCUT2D eigenvalue weighted by Crippen LogP contribution is -2.31. The standard InChI is InChI=1S/C20H24ClNO2/c1-2-16-9-6-10-19(21)18(16)14-22-17(11-12-20(23)24)13-15-7-4-3-5-8-15/h3-10,17,22H,2,11-14H2,1H3,(H,23,24). The van der Waals surface area contributed by atoms with E-state index in [2.05, 4.69) is 30.4 Å². The normalized spacial score (nSPS) is 12.1. The fourth-order valence-electron chi connectivity index (χ4n) is 2.85. The van der Waals surface area contributed by atoms with Crippen molar-refractivity contribution in [2.45, 2.75) is 45.2 Å². The molecule has 2 aromatic carbocycles. The predicted molar refractivity (Wildman–Crippen MR) is 98.5 cm³/mol. The molecule has 0 aliphatic heterocycles. The fourth-order valence-corrected chi connectivity index (χ4v) is 3.11. The minimum atomic E-state index is -0.762. The zero-order valence-corrected chi connectivity index (χ0v) is 14.7. The molecule has 2 N–H and O–H groups in total. The summed E-state index contributed by atoms with van der Waals surface area (Å²) in [6, 6.07) is 16.2. The molecule has 0 saturated heterocycles. The third-order valence-electron chi connectivity index (χ3n) is 4.20. The number of benzene rings is 2. The number of halogens is 1. The van der Waals surface area contributed by atoms with Crippen LogP contribution in [0.15, 0.2) is 48.5 Å². The molecule has 1 atom stereocenters. The van der Waals surface area contributed by atoms with Gasteiger partial charge in [-0.05, 0) is 42.0 Å². The summed E-state index contributed by atoms with van der Waals surface area (Å²) in [7, 11) is 0. The number of carboxylic acid groups (broad SMARTS) is 1. The average Bonchev–Trinajstić information content (AvgIpc) is 2.58. The maximum absolute atomic E-state index is 10.9. The Morgan fingerprint density at radius 1 is 1.17 bits per heavy atom. The molecule has 0 heterocycles. The first-order valence-electron chi connectivity index (χ1n) is 8.35. The smallest absolute Gasteiger partial charge is 0.303 e. The van der Waals surface area contributed by atoms with Crippen LogP contribution in [-0.2, 0) is 24.2 Å². The lowest BCUT2D eigenvalue weighted by Gasteiger charge is -2.20. The molecule has 2 aromatic rings. The molecule has 0 fully saturated rings. The first-order chi connectivity index (χ1) is 11.6. The van der Waals surface area contributed by atoms with E-state index in [1.54, 1.807) is 0 Å². The molecule has 128 valence electrons. The summed E-state index contributed by atoms with van der Waals surface area (Å²) in [5.41, 5.74) is 3.54. The van der Waals surface area contributed by atoms with Crippen molar-refractivity contribution in [1.82, 2.24) is 5.32 Å². The van der Waals surface area contributed by atoms with E-state index in [1.807, 2.05) is 30.3 Å². The second-order valence-electron chi connectivity index (χ2n) is 5.93. The molecule has 0 aromatic heterocycles. The van der Waals surface area contributed by atoms with Crippen molar-refractivity contribution in [1.29, 1.82) is 0 Å². The Balaban J connectivity index is 2.06. The van der Waals surface area contributed by atoms with Gasteiger partial charge < -0.3 is 10.4 Å². The van der Waals surface area contributed by atoms with Gasteiger partial charge in [-0.1, -0.05) is 61.0 Å². The molecule has 0 aliphatic carbocycles. The summed E-state index contributed by atoms with van der Waals surface area (Å²) >= 11 is 6.35. The van der Waals surface area contributed by atoms with E-state index >= 15 is 0 Å². The monoisotopic (exact) mass is 345 g/mol. The van der Waals surface area contributed by atoms with Crippen LogP contribution in [0.25, 0.3) is 0 Å². The van der Waals surface area contributed by atoms with Gasteiger partial charge in [-0.15, -0.1) is 0 Å². The number of aryl methyl sites for hydroxylation is 1. The van der Waals surface area contributed by atoms with Crippen molar-refractivity contribution in [2.75, 3.05) is 0 Å². The van der Waals surface area contributed by atoms with Crippen LogP contribution in [0.3, 0.4) is 0 Å². The van der Waals surface area contributed by atoms with Crippen LogP contribution in [0.1, 0.15) is 36.5 Å². The van der Waals surface area contributed by atoms with Crippen LogP contribution >= 0.6 is 11.6 Å².